The molecule has 148 valence electrons. The van der Waals surface area contributed by atoms with Crippen LogP contribution in [0.15, 0.2) is 52.6 Å². The standard InChI is InChI=1S/C23H22N2O4/c1-24-8-10-25(11-9-24)14-18-19(26)7-6-17-22(27)21(29-23(17)18)13-16-12-15-4-2-3-5-20(15)28-16/h2-7,12-13,26H,8-11,14H2,1H3. The lowest BCUT2D eigenvalue weighted by atomic mass is 10.0. The van der Waals surface area contributed by atoms with Crippen LogP contribution in [-0.2, 0) is 6.54 Å². The summed E-state index contributed by atoms with van der Waals surface area (Å²) < 4.78 is 11.7. The van der Waals surface area contributed by atoms with E-state index in [4.69, 9.17) is 9.15 Å². The minimum Gasteiger partial charge on any atom is -0.872 e. The van der Waals surface area contributed by atoms with Gasteiger partial charge in [0.2, 0.25) is 5.78 Å². The summed E-state index contributed by atoms with van der Waals surface area (Å²) in [6.07, 6.45) is 1.61. The number of carbonyl (C=O) groups excluding carboxylic acids is 1. The fraction of sp³-hybridized carbons (Fsp3) is 0.261. The zero-order valence-corrected chi connectivity index (χ0v) is 16.2. The first-order chi connectivity index (χ1) is 14.1. The molecule has 1 N–H and O–H groups in total. The topological polar surface area (TPSA) is 70.2 Å². The number of piperazine rings is 1. The van der Waals surface area contributed by atoms with E-state index in [9.17, 15) is 9.90 Å². The van der Waals surface area contributed by atoms with Gasteiger partial charge in [-0.05, 0) is 25.2 Å². The molecule has 2 aliphatic rings. The molecule has 1 saturated heterocycles. The minimum atomic E-state index is -0.213. The Hall–Kier alpha value is -3.09. The molecule has 29 heavy (non-hydrogen) atoms. The van der Waals surface area contributed by atoms with E-state index < -0.39 is 0 Å². The predicted molar refractivity (Wildman–Crippen MR) is 107 cm³/mol. The van der Waals surface area contributed by atoms with Gasteiger partial charge in [0, 0.05) is 30.1 Å². The summed E-state index contributed by atoms with van der Waals surface area (Å²) in [5.74, 6) is 0.870. The van der Waals surface area contributed by atoms with Gasteiger partial charge in [0.05, 0.1) is 18.7 Å². The average molecular weight is 390 g/mol. The van der Waals surface area contributed by atoms with Crippen LogP contribution in [-0.4, -0.2) is 43.9 Å². The number of allylic oxidation sites excluding steroid dienone is 1. The maximum atomic E-state index is 12.9. The van der Waals surface area contributed by atoms with E-state index in [2.05, 4.69) is 11.9 Å². The number of Topliss-reactive ketones (excluding diaryl/α,β-unsaturated/α-hetero) is 1. The number of carbonyl (C=O) groups is 1. The molecule has 0 bridgehead atoms. The van der Waals surface area contributed by atoms with Gasteiger partial charge >= 0.3 is 0 Å². The number of furan rings is 1. The molecule has 0 saturated carbocycles. The van der Waals surface area contributed by atoms with Crippen molar-refractivity contribution in [2.75, 3.05) is 33.2 Å². The van der Waals surface area contributed by atoms with Crippen molar-refractivity contribution in [3.05, 3.63) is 65.1 Å². The van der Waals surface area contributed by atoms with Gasteiger partial charge in [-0.3, -0.25) is 9.69 Å². The van der Waals surface area contributed by atoms with E-state index in [1.807, 2.05) is 30.3 Å². The number of rotatable bonds is 3. The zero-order valence-electron chi connectivity index (χ0n) is 16.2. The molecule has 0 atom stereocenters. The molecule has 1 aromatic heterocycles. The molecule has 0 aliphatic carbocycles. The Balaban J connectivity index is 1.45. The third-order valence-electron chi connectivity index (χ3n) is 5.74. The van der Waals surface area contributed by atoms with Gasteiger partial charge in [-0.25, -0.2) is 0 Å². The van der Waals surface area contributed by atoms with Crippen molar-refractivity contribution >= 4 is 22.8 Å². The van der Waals surface area contributed by atoms with Crippen LogP contribution in [0.4, 0.5) is 0 Å². The van der Waals surface area contributed by atoms with Crippen LogP contribution >= 0.6 is 0 Å². The summed E-state index contributed by atoms with van der Waals surface area (Å²) in [6, 6.07) is 12.6. The van der Waals surface area contributed by atoms with E-state index in [0.717, 1.165) is 37.1 Å². The summed E-state index contributed by atoms with van der Waals surface area (Å²) in [5, 5.41) is 13.5. The smallest absolute Gasteiger partial charge is 0.232 e. The largest absolute Gasteiger partial charge is 0.872 e. The van der Waals surface area contributed by atoms with Crippen LogP contribution in [0.3, 0.4) is 0 Å². The predicted octanol–water partition coefficient (Wildman–Crippen LogP) is 1.45. The number of nitrogens with one attached hydrogen (secondary N) is 1. The zero-order chi connectivity index (χ0) is 20.0. The molecule has 6 heteroatoms. The second kappa shape index (κ2) is 7.06. The van der Waals surface area contributed by atoms with Gasteiger partial charge in [-0.2, -0.15) is 0 Å². The van der Waals surface area contributed by atoms with Crippen LogP contribution in [0, 0.1) is 0 Å². The minimum absolute atomic E-state index is 0.0760. The highest BCUT2D eigenvalue weighted by molar-refractivity contribution is 6.14. The monoisotopic (exact) mass is 390 g/mol. The Kier molecular flexibility index (Phi) is 4.38. The van der Waals surface area contributed by atoms with Crippen molar-refractivity contribution in [2.45, 2.75) is 6.54 Å². The first-order valence-electron chi connectivity index (χ1n) is 9.86. The third-order valence-corrected chi connectivity index (χ3v) is 5.74. The molecule has 0 amide bonds. The second-order valence-electron chi connectivity index (χ2n) is 7.78. The number of hydrogen-bond acceptors (Lipinski definition) is 5. The van der Waals surface area contributed by atoms with Crippen molar-refractivity contribution < 1.29 is 24.0 Å². The fourth-order valence-corrected chi connectivity index (χ4v) is 4.02. The van der Waals surface area contributed by atoms with Gasteiger partial charge in [-0.15, -0.1) is 0 Å². The number of ketones is 1. The van der Waals surface area contributed by atoms with E-state index in [-0.39, 0.29) is 17.3 Å². The first kappa shape index (κ1) is 18.0. The van der Waals surface area contributed by atoms with Gasteiger partial charge in [0.25, 0.3) is 0 Å². The van der Waals surface area contributed by atoms with Crippen molar-refractivity contribution in [3.8, 4) is 11.5 Å². The van der Waals surface area contributed by atoms with Crippen LogP contribution in [0.2, 0.25) is 0 Å². The Morgan fingerprint density at radius 3 is 2.76 bits per heavy atom. The number of fused-ring (bicyclic) bond motifs is 2. The molecule has 1 fully saturated rings. The van der Waals surface area contributed by atoms with E-state index in [1.165, 1.54) is 11.0 Å². The van der Waals surface area contributed by atoms with Crippen molar-refractivity contribution in [1.29, 1.82) is 0 Å². The average Bonchev–Trinajstić information content (AvgIpc) is 3.27. The molecular formula is C23H22N2O4. The molecule has 0 unspecified atom stereocenters. The molecule has 2 aromatic carbocycles. The maximum Gasteiger partial charge on any atom is 0.232 e. The summed E-state index contributed by atoms with van der Waals surface area (Å²) in [5.41, 5.74) is 1.79. The Labute approximate surface area is 168 Å². The lowest BCUT2D eigenvalue weighted by Gasteiger charge is -2.30. The summed E-state index contributed by atoms with van der Waals surface area (Å²) >= 11 is 0. The van der Waals surface area contributed by atoms with Crippen molar-refractivity contribution in [3.63, 3.8) is 0 Å². The van der Waals surface area contributed by atoms with Crippen LogP contribution in [0.5, 0.6) is 11.5 Å². The van der Waals surface area contributed by atoms with Crippen LogP contribution in [0.1, 0.15) is 21.7 Å². The number of ether oxygens (including phenoxy) is 1. The summed E-state index contributed by atoms with van der Waals surface area (Å²) in [4.78, 5) is 16.5. The number of likely N-dealkylation sites (N-methyl/N-ethyl adjacent to an activating group) is 1. The molecule has 0 spiro atoms. The molecular weight excluding hydrogens is 368 g/mol. The molecule has 2 aliphatic heterocycles. The van der Waals surface area contributed by atoms with Crippen molar-refractivity contribution in [1.82, 2.24) is 4.90 Å². The van der Waals surface area contributed by atoms with E-state index in [1.54, 1.807) is 12.1 Å². The number of quaternary nitrogens is 1. The lowest BCUT2D eigenvalue weighted by Crippen LogP contribution is -3.13. The van der Waals surface area contributed by atoms with Crippen LogP contribution in [0.25, 0.3) is 17.0 Å². The summed E-state index contributed by atoms with van der Waals surface area (Å²) in [6.45, 7) is 4.50. The van der Waals surface area contributed by atoms with E-state index >= 15 is 0 Å². The van der Waals surface area contributed by atoms with Gasteiger partial charge in [0.1, 0.15) is 23.6 Å². The Morgan fingerprint density at radius 2 is 1.97 bits per heavy atom. The summed E-state index contributed by atoms with van der Waals surface area (Å²) in [7, 11) is 2.10. The normalized spacial score (nSPS) is 19.1. The van der Waals surface area contributed by atoms with E-state index in [0.29, 0.717) is 29.2 Å². The Bertz CT molecular complexity index is 1090. The lowest BCUT2D eigenvalue weighted by molar-refractivity contribution is -0.918. The first-order valence-corrected chi connectivity index (χ1v) is 9.86. The molecule has 6 nitrogen and oxygen atoms in total. The molecule has 5 rings (SSSR count). The molecule has 3 aromatic rings. The molecule has 0 radical (unpaired) electrons. The third kappa shape index (κ3) is 3.30. The van der Waals surface area contributed by atoms with Gasteiger partial charge in [0.15, 0.2) is 5.76 Å². The highest BCUT2D eigenvalue weighted by Crippen LogP contribution is 2.38. The van der Waals surface area contributed by atoms with Gasteiger partial charge in [-0.1, -0.05) is 30.0 Å². The van der Waals surface area contributed by atoms with Gasteiger partial charge < -0.3 is 19.2 Å². The SMILES string of the molecule is CN1CC[NH+](Cc2c([O-])ccc3c2OC(=Cc2cc4ccccc4o2)C3=O)CC1. The number of para-hydroxylation sites is 1. The highest BCUT2D eigenvalue weighted by Gasteiger charge is 2.31. The quantitative estimate of drug-likeness (QED) is 0.686. The number of nitrogens with zero attached hydrogens (tertiary/aromatic N) is 1. The number of hydrogen-bond donors (Lipinski definition) is 1. The fourth-order valence-electron chi connectivity index (χ4n) is 4.02. The number of benzene rings is 2. The van der Waals surface area contributed by atoms with Crippen LogP contribution < -0.4 is 14.7 Å². The Morgan fingerprint density at radius 1 is 1.17 bits per heavy atom. The highest BCUT2D eigenvalue weighted by atomic mass is 16.5. The second-order valence-corrected chi connectivity index (χ2v) is 7.78. The molecule has 3 heterocycles. The maximum absolute atomic E-state index is 12.9. The van der Waals surface area contributed by atoms with Crippen molar-refractivity contribution in [2.24, 2.45) is 0 Å².